The zero-order valence-corrected chi connectivity index (χ0v) is 17.9. The second kappa shape index (κ2) is 8.10. The number of nitrogens with one attached hydrogen (secondary N) is 1. The van der Waals surface area contributed by atoms with Crippen LogP contribution in [0.2, 0.25) is 0 Å². The van der Waals surface area contributed by atoms with Crippen LogP contribution >= 0.6 is 11.8 Å². The van der Waals surface area contributed by atoms with E-state index >= 15 is 0 Å². The van der Waals surface area contributed by atoms with Gasteiger partial charge in [0.1, 0.15) is 0 Å². The number of hydrogen-bond acceptors (Lipinski definition) is 5. The van der Waals surface area contributed by atoms with Gasteiger partial charge in [0.05, 0.1) is 4.90 Å². The summed E-state index contributed by atoms with van der Waals surface area (Å²) in [7, 11) is -3.79. The molecule has 3 aliphatic rings. The average molecular weight is 432 g/mol. The highest BCUT2D eigenvalue weighted by molar-refractivity contribution is 8.00. The first-order chi connectivity index (χ1) is 13.8. The van der Waals surface area contributed by atoms with Crippen molar-refractivity contribution in [3.63, 3.8) is 0 Å². The monoisotopic (exact) mass is 431 g/mol. The van der Waals surface area contributed by atoms with E-state index in [1.807, 2.05) is 12.1 Å². The maximum absolute atomic E-state index is 12.8. The van der Waals surface area contributed by atoms with Gasteiger partial charge in [0.2, 0.25) is 10.0 Å². The third kappa shape index (κ3) is 4.35. The molecule has 5 rings (SSSR count). The predicted molar refractivity (Wildman–Crippen MR) is 113 cm³/mol. The fraction of sp³-hybridized carbons (Fsp3) is 0.381. The second-order valence-corrected chi connectivity index (χ2v) is 10.4. The molecule has 0 saturated carbocycles. The SMILES string of the molecule is C[C@H]1[C@H](NC(=O)c2ccc(Sc3ccccc3S(N)(=O)=O)cc2)C2CCN1CC2. The van der Waals surface area contributed by atoms with Crippen molar-refractivity contribution in [2.75, 3.05) is 13.1 Å². The Morgan fingerprint density at radius 3 is 2.38 bits per heavy atom. The summed E-state index contributed by atoms with van der Waals surface area (Å²) in [4.78, 5) is 16.7. The van der Waals surface area contributed by atoms with Crippen LogP contribution in [0.1, 0.15) is 30.1 Å². The van der Waals surface area contributed by atoms with Gasteiger partial charge in [-0.15, -0.1) is 0 Å². The lowest BCUT2D eigenvalue weighted by atomic mass is 9.79. The third-order valence-electron chi connectivity index (χ3n) is 5.98. The van der Waals surface area contributed by atoms with Crippen LogP contribution in [-0.4, -0.2) is 44.4 Å². The number of carbonyl (C=O) groups is 1. The molecule has 0 spiro atoms. The zero-order chi connectivity index (χ0) is 20.6. The Balaban J connectivity index is 1.45. The van der Waals surface area contributed by atoms with Crippen LogP contribution in [-0.2, 0) is 10.0 Å². The smallest absolute Gasteiger partial charge is 0.251 e. The molecule has 0 unspecified atom stereocenters. The lowest BCUT2D eigenvalue weighted by Crippen LogP contribution is -2.62. The maximum atomic E-state index is 12.8. The Morgan fingerprint density at radius 2 is 1.76 bits per heavy atom. The number of carbonyl (C=O) groups excluding carboxylic acids is 1. The Labute approximate surface area is 175 Å². The van der Waals surface area contributed by atoms with Gasteiger partial charge in [0.15, 0.2) is 0 Å². The summed E-state index contributed by atoms with van der Waals surface area (Å²) >= 11 is 1.31. The molecular formula is C21H25N3O3S2. The Kier molecular flexibility index (Phi) is 5.70. The van der Waals surface area contributed by atoms with Crippen molar-refractivity contribution in [3.8, 4) is 0 Å². The number of sulfonamides is 1. The van der Waals surface area contributed by atoms with Gasteiger partial charge in [-0.1, -0.05) is 23.9 Å². The molecule has 8 heteroatoms. The molecule has 2 atom stereocenters. The number of hydrogen-bond donors (Lipinski definition) is 2. The number of primary sulfonamides is 1. The molecule has 2 aromatic rings. The molecule has 2 aromatic carbocycles. The van der Waals surface area contributed by atoms with E-state index in [1.54, 1.807) is 30.3 Å². The van der Waals surface area contributed by atoms with Crippen molar-refractivity contribution in [1.82, 2.24) is 10.2 Å². The molecular weight excluding hydrogens is 406 g/mol. The summed E-state index contributed by atoms with van der Waals surface area (Å²) in [6, 6.07) is 14.4. The number of rotatable bonds is 5. The molecule has 3 heterocycles. The molecule has 3 saturated heterocycles. The number of benzene rings is 2. The molecule has 0 radical (unpaired) electrons. The zero-order valence-electron chi connectivity index (χ0n) is 16.2. The molecule has 2 bridgehead atoms. The van der Waals surface area contributed by atoms with E-state index in [4.69, 9.17) is 5.14 Å². The van der Waals surface area contributed by atoms with Gasteiger partial charge in [0, 0.05) is 27.4 Å². The van der Waals surface area contributed by atoms with E-state index in [0.29, 0.717) is 22.4 Å². The van der Waals surface area contributed by atoms with Crippen LogP contribution in [0.5, 0.6) is 0 Å². The lowest BCUT2D eigenvalue weighted by molar-refractivity contribution is 0.0217. The number of fused-ring (bicyclic) bond motifs is 3. The molecule has 3 aliphatic heterocycles. The summed E-state index contributed by atoms with van der Waals surface area (Å²) in [5.41, 5.74) is 0.609. The normalized spacial score (nSPS) is 26.3. The van der Waals surface area contributed by atoms with Crippen LogP contribution in [0.25, 0.3) is 0 Å². The highest BCUT2D eigenvalue weighted by atomic mass is 32.2. The Hall–Kier alpha value is -1.87. The van der Waals surface area contributed by atoms with Crippen LogP contribution < -0.4 is 10.5 Å². The van der Waals surface area contributed by atoms with Gasteiger partial charge in [-0.2, -0.15) is 0 Å². The third-order valence-corrected chi connectivity index (χ3v) is 8.16. The first-order valence-electron chi connectivity index (χ1n) is 9.77. The molecule has 6 nitrogen and oxygen atoms in total. The van der Waals surface area contributed by atoms with E-state index in [1.165, 1.54) is 17.8 Å². The standard InChI is InChI=1S/C21H25N3O3S2/c1-14-20(15-10-12-24(14)13-11-15)23-21(25)16-6-8-17(9-7-16)28-18-4-2-3-5-19(18)29(22,26)27/h2-9,14-15,20H,10-13H2,1H3,(H,23,25)(H2,22,26,27)/t14-,20-/m0/s1. The minimum atomic E-state index is -3.79. The largest absolute Gasteiger partial charge is 0.347 e. The molecule has 1 amide bonds. The summed E-state index contributed by atoms with van der Waals surface area (Å²) in [6.45, 7) is 4.45. The van der Waals surface area contributed by atoms with Gasteiger partial charge in [0.25, 0.3) is 5.91 Å². The van der Waals surface area contributed by atoms with Gasteiger partial charge in [-0.3, -0.25) is 9.69 Å². The molecule has 3 N–H and O–H groups in total. The highest BCUT2D eigenvalue weighted by Gasteiger charge is 2.40. The Morgan fingerprint density at radius 1 is 1.10 bits per heavy atom. The van der Waals surface area contributed by atoms with Gasteiger partial charge < -0.3 is 5.32 Å². The van der Waals surface area contributed by atoms with Crippen LogP contribution in [0.4, 0.5) is 0 Å². The van der Waals surface area contributed by atoms with Crippen molar-refractivity contribution in [2.45, 2.75) is 46.5 Å². The van der Waals surface area contributed by atoms with Crippen molar-refractivity contribution in [3.05, 3.63) is 54.1 Å². The molecule has 0 aromatic heterocycles. The number of nitrogens with zero attached hydrogens (tertiary/aromatic N) is 1. The van der Waals surface area contributed by atoms with Crippen LogP contribution in [0.15, 0.2) is 63.2 Å². The van der Waals surface area contributed by atoms with E-state index in [2.05, 4.69) is 17.1 Å². The van der Waals surface area contributed by atoms with Gasteiger partial charge >= 0.3 is 0 Å². The second-order valence-electron chi connectivity index (χ2n) is 7.73. The van der Waals surface area contributed by atoms with E-state index < -0.39 is 10.0 Å². The lowest BCUT2D eigenvalue weighted by Gasteiger charge is -2.49. The van der Waals surface area contributed by atoms with Crippen LogP contribution in [0.3, 0.4) is 0 Å². The highest BCUT2D eigenvalue weighted by Crippen LogP contribution is 2.33. The molecule has 3 fully saturated rings. The van der Waals surface area contributed by atoms with E-state index in [9.17, 15) is 13.2 Å². The van der Waals surface area contributed by atoms with Crippen molar-refractivity contribution in [2.24, 2.45) is 11.1 Å². The number of amides is 1. The molecule has 29 heavy (non-hydrogen) atoms. The van der Waals surface area contributed by atoms with Gasteiger partial charge in [-0.05, 0) is 75.2 Å². The van der Waals surface area contributed by atoms with Crippen molar-refractivity contribution < 1.29 is 13.2 Å². The number of nitrogens with two attached hydrogens (primary N) is 1. The molecule has 0 aliphatic carbocycles. The first kappa shape index (κ1) is 20.4. The van der Waals surface area contributed by atoms with Crippen LogP contribution in [0, 0.1) is 5.92 Å². The van der Waals surface area contributed by atoms with Gasteiger partial charge in [-0.25, -0.2) is 13.6 Å². The minimum Gasteiger partial charge on any atom is -0.347 e. The fourth-order valence-electron chi connectivity index (χ4n) is 4.35. The van der Waals surface area contributed by atoms with Crippen molar-refractivity contribution in [1.29, 1.82) is 0 Å². The number of piperidine rings is 3. The maximum Gasteiger partial charge on any atom is 0.251 e. The summed E-state index contributed by atoms with van der Waals surface area (Å²) < 4.78 is 23.5. The first-order valence-corrected chi connectivity index (χ1v) is 12.1. The predicted octanol–water partition coefficient (Wildman–Crippen LogP) is 2.70. The van der Waals surface area contributed by atoms with E-state index in [0.717, 1.165) is 30.8 Å². The summed E-state index contributed by atoms with van der Waals surface area (Å²) in [5, 5.41) is 8.53. The van der Waals surface area contributed by atoms with E-state index in [-0.39, 0.29) is 16.8 Å². The molecule has 154 valence electrons. The quantitative estimate of drug-likeness (QED) is 0.759. The Bertz CT molecular complexity index is 998. The minimum absolute atomic E-state index is 0.0583. The summed E-state index contributed by atoms with van der Waals surface area (Å²) in [5.74, 6) is 0.501. The van der Waals surface area contributed by atoms with Crippen molar-refractivity contribution >= 4 is 27.7 Å². The average Bonchev–Trinajstić information content (AvgIpc) is 2.71. The summed E-state index contributed by atoms with van der Waals surface area (Å²) in [6.07, 6.45) is 2.29. The topological polar surface area (TPSA) is 92.5 Å². The fourth-order valence-corrected chi connectivity index (χ4v) is 6.28.